The van der Waals surface area contributed by atoms with Crippen LogP contribution in [0.2, 0.25) is 0 Å². The summed E-state index contributed by atoms with van der Waals surface area (Å²) in [6.07, 6.45) is 16.2. The lowest BCUT2D eigenvalue weighted by atomic mass is 10.2. The normalized spacial score (nSPS) is 11.7. The fraction of sp³-hybridized carbons (Fsp3) is 0.417. The molecule has 13 heavy (non-hydrogen) atoms. The second kappa shape index (κ2) is 10.7. The predicted octanol–water partition coefficient (Wildman–Crippen LogP) is 3.76. The van der Waals surface area contributed by atoms with Crippen LogP contribution in [0.15, 0.2) is 36.5 Å². The van der Waals surface area contributed by atoms with Gasteiger partial charge in [0.15, 0.2) is 0 Å². The fourth-order valence-corrected chi connectivity index (χ4v) is 0.853. The Labute approximate surface area is 81.1 Å². The van der Waals surface area contributed by atoms with E-state index in [9.17, 15) is 0 Å². The summed E-state index contributed by atoms with van der Waals surface area (Å²) in [6, 6.07) is 1.95. The molecule has 0 saturated heterocycles. The van der Waals surface area contributed by atoms with Gasteiger partial charge in [-0.15, -0.1) is 0 Å². The van der Waals surface area contributed by atoms with Crippen LogP contribution >= 0.6 is 0 Å². The molecule has 0 N–H and O–H groups in total. The average molecular weight is 175 g/mol. The van der Waals surface area contributed by atoms with Crippen molar-refractivity contribution in [1.29, 1.82) is 5.26 Å². The fourth-order valence-electron chi connectivity index (χ4n) is 0.853. The number of nitriles is 1. The summed E-state index contributed by atoms with van der Waals surface area (Å²) in [5.41, 5.74) is 0. The molecule has 0 fully saturated rings. The SMILES string of the molecule is CCCC/C=C/C=C/C/C=C/C#N. The second-order valence-corrected chi connectivity index (χ2v) is 2.77. The third-order valence-corrected chi connectivity index (χ3v) is 1.57. The maximum Gasteiger partial charge on any atom is 0.0908 e. The molecule has 0 aliphatic heterocycles. The lowest BCUT2D eigenvalue weighted by molar-refractivity contribution is 0.815. The van der Waals surface area contributed by atoms with Crippen molar-refractivity contribution in [2.24, 2.45) is 0 Å². The molecule has 1 nitrogen and oxygen atoms in total. The first-order chi connectivity index (χ1) is 6.41. The molecule has 0 aromatic rings. The Morgan fingerprint density at radius 1 is 1.15 bits per heavy atom. The Morgan fingerprint density at radius 3 is 2.62 bits per heavy atom. The first-order valence-electron chi connectivity index (χ1n) is 4.78. The van der Waals surface area contributed by atoms with Gasteiger partial charge < -0.3 is 0 Å². The third-order valence-electron chi connectivity index (χ3n) is 1.57. The highest BCUT2D eigenvalue weighted by molar-refractivity contribution is 5.08. The van der Waals surface area contributed by atoms with Crippen LogP contribution in [-0.2, 0) is 0 Å². The van der Waals surface area contributed by atoms with E-state index in [0.717, 1.165) is 12.8 Å². The lowest BCUT2D eigenvalue weighted by Gasteiger charge is -1.85. The van der Waals surface area contributed by atoms with Crippen molar-refractivity contribution in [3.63, 3.8) is 0 Å². The standard InChI is InChI=1S/C12H17N/c1-2-3-4-5-6-7-8-9-10-11-12-13/h5-8,10-11H,2-4,9H2,1H3/b6-5+,8-7+,11-10+. The van der Waals surface area contributed by atoms with Gasteiger partial charge in [-0.05, 0) is 12.8 Å². The van der Waals surface area contributed by atoms with E-state index in [4.69, 9.17) is 5.26 Å². The molecule has 0 aliphatic carbocycles. The van der Waals surface area contributed by atoms with Crippen molar-refractivity contribution in [2.75, 3.05) is 0 Å². The monoisotopic (exact) mass is 175 g/mol. The largest absolute Gasteiger partial charge is 0.193 e. The maximum atomic E-state index is 8.19. The van der Waals surface area contributed by atoms with Crippen LogP contribution in [0.1, 0.15) is 32.6 Å². The van der Waals surface area contributed by atoms with Gasteiger partial charge in [-0.2, -0.15) is 5.26 Å². The number of rotatable bonds is 6. The van der Waals surface area contributed by atoms with Crippen molar-refractivity contribution >= 4 is 0 Å². The molecular weight excluding hydrogens is 158 g/mol. The zero-order valence-corrected chi connectivity index (χ0v) is 8.24. The molecule has 0 aromatic carbocycles. The summed E-state index contributed by atoms with van der Waals surface area (Å²) in [5, 5.41) is 8.19. The van der Waals surface area contributed by atoms with Crippen LogP contribution in [0.5, 0.6) is 0 Å². The maximum absolute atomic E-state index is 8.19. The molecule has 0 rings (SSSR count). The zero-order chi connectivity index (χ0) is 9.78. The summed E-state index contributed by atoms with van der Waals surface area (Å²) in [7, 11) is 0. The van der Waals surface area contributed by atoms with Crippen LogP contribution in [0.25, 0.3) is 0 Å². The minimum absolute atomic E-state index is 0.839. The van der Waals surface area contributed by atoms with E-state index in [1.165, 1.54) is 18.9 Å². The van der Waals surface area contributed by atoms with E-state index in [1.807, 2.05) is 24.3 Å². The summed E-state index contributed by atoms with van der Waals surface area (Å²) < 4.78 is 0. The highest BCUT2D eigenvalue weighted by Crippen LogP contribution is 1.95. The highest BCUT2D eigenvalue weighted by atomic mass is 14.2. The van der Waals surface area contributed by atoms with Crippen molar-refractivity contribution in [3.8, 4) is 6.07 Å². The molecular formula is C12H17N. The third kappa shape index (κ3) is 10.7. The van der Waals surface area contributed by atoms with E-state index in [1.54, 1.807) is 0 Å². The van der Waals surface area contributed by atoms with Gasteiger partial charge in [0.25, 0.3) is 0 Å². The van der Waals surface area contributed by atoms with Gasteiger partial charge in [0, 0.05) is 6.08 Å². The second-order valence-electron chi connectivity index (χ2n) is 2.77. The molecule has 0 aliphatic rings. The number of allylic oxidation sites excluding steroid dienone is 6. The van der Waals surface area contributed by atoms with Gasteiger partial charge in [-0.3, -0.25) is 0 Å². The Hall–Kier alpha value is -1.29. The number of nitrogens with zero attached hydrogens (tertiary/aromatic N) is 1. The Bertz CT molecular complexity index is 216. The zero-order valence-electron chi connectivity index (χ0n) is 8.24. The quantitative estimate of drug-likeness (QED) is 0.342. The topological polar surface area (TPSA) is 23.8 Å². The molecule has 1 heteroatoms. The molecule has 0 bridgehead atoms. The molecule has 0 saturated carbocycles. The molecule has 0 radical (unpaired) electrons. The average Bonchev–Trinajstić information content (AvgIpc) is 2.16. The lowest BCUT2D eigenvalue weighted by Crippen LogP contribution is -1.65. The van der Waals surface area contributed by atoms with Crippen LogP contribution in [0, 0.1) is 11.3 Å². The summed E-state index contributed by atoms with van der Waals surface area (Å²) in [4.78, 5) is 0. The van der Waals surface area contributed by atoms with E-state index in [0.29, 0.717) is 0 Å². The molecule has 0 aromatic heterocycles. The molecule has 0 unspecified atom stereocenters. The van der Waals surface area contributed by atoms with Crippen LogP contribution in [-0.4, -0.2) is 0 Å². The highest BCUT2D eigenvalue weighted by Gasteiger charge is 1.75. The smallest absolute Gasteiger partial charge is 0.0908 e. The Kier molecular flexibility index (Phi) is 9.65. The van der Waals surface area contributed by atoms with Crippen molar-refractivity contribution < 1.29 is 0 Å². The first-order valence-corrected chi connectivity index (χ1v) is 4.78. The van der Waals surface area contributed by atoms with Gasteiger partial charge in [0.2, 0.25) is 0 Å². The van der Waals surface area contributed by atoms with E-state index in [2.05, 4.69) is 19.1 Å². The molecule has 0 amide bonds. The number of hydrogen-bond acceptors (Lipinski definition) is 1. The number of hydrogen-bond donors (Lipinski definition) is 0. The van der Waals surface area contributed by atoms with E-state index >= 15 is 0 Å². The Balaban J connectivity index is 3.36. The van der Waals surface area contributed by atoms with Gasteiger partial charge in [-0.25, -0.2) is 0 Å². The van der Waals surface area contributed by atoms with Gasteiger partial charge >= 0.3 is 0 Å². The summed E-state index contributed by atoms with van der Waals surface area (Å²) >= 11 is 0. The predicted molar refractivity (Wildman–Crippen MR) is 57.2 cm³/mol. The molecule has 70 valence electrons. The van der Waals surface area contributed by atoms with Crippen molar-refractivity contribution in [3.05, 3.63) is 36.5 Å². The van der Waals surface area contributed by atoms with Crippen LogP contribution in [0.3, 0.4) is 0 Å². The molecule has 0 atom stereocenters. The Morgan fingerprint density at radius 2 is 1.92 bits per heavy atom. The summed E-state index contributed by atoms with van der Waals surface area (Å²) in [6.45, 7) is 2.19. The first kappa shape index (κ1) is 11.7. The molecule has 0 spiro atoms. The van der Waals surface area contributed by atoms with Crippen molar-refractivity contribution in [1.82, 2.24) is 0 Å². The number of unbranched alkanes of at least 4 members (excludes halogenated alkanes) is 2. The van der Waals surface area contributed by atoms with Gasteiger partial charge in [-0.1, -0.05) is 50.1 Å². The minimum atomic E-state index is 0.839. The van der Waals surface area contributed by atoms with Crippen LogP contribution < -0.4 is 0 Å². The van der Waals surface area contributed by atoms with Crippen LogP contribution in [0.4, 0.5) is 0 Å². The van der Waals surface area contributed by atoms with Gasteiger partial charge in [0.05, 0.1) is 6.07 Å². The summed E-state index contributed by atoms with van der Waals surface area (Å²) in [5.74, 6) is 0. The van der Waals surface area contributed by atoms with E-state index < -0.39 is 0 Å². The molecule has 0 heterocycles. The van der Waals surface area contributed by atoms with Gasteiger partial charge in [0.1, 0.15) is 0 Å². The van der Waals surface area contributed by atoms with Crippen molar-refractivity contribution in [2.45, 2.75) is 32.6 Å². The van der Waals surface area contributed by atoms with E-state index in [-0.39, 0.29) is 0 Å². The minimum Gasteiger partial charge on any atom is -0.193 e.